The van der Waals surface area contributed by atoms with Gasteiger partial charge in [-0.1, -0.05) is 29.8 Å². The predicted octanol–water partition coefficient (Wildman–Crippen LogP) is 3.12. The topological polar surface area (TPSA) is 61.4 Å². The number of carbonyl (C=O) groups excluding carboxylic acids is 2. The van der Waals surface area contributed by atoms with Gasteiger partial charge in [0, 0.05) is 37.6 Å². The van der Waals surface area contributed by atoms with Crippen LogP contribution in [0.4, 0.5) is 0 Å². The van der Waals surface area contributed by atoms with Crippen LogP contribution in [0.15, 0.2) is 41.8 Å². The number of nitrogens with zero attached hydrogens (tertiary/aromatic N) is 1. The SMILES string of the molecule is Cl.O=C(NCCC(=O)N1CCNCC1c1cccc(Cl)c1)c1cccs1. The predicted molar refractivity (Wildman–Crippen MR) is 107 cm³/mol. The lowest BCUT2D eigenvalue weighted by molar-refractivity contribution is -0.134. The number of halogens is 2. The van der Waals surface area contributed by atoms with Crippen molar-refractivity contribution in [2.24, 2.45) is 0 Å². The van der Waals surface area contributed by atoms with E-state index in [0.29, 0.717) is 29.5 Å². The van der Waals surface area contributed by atoms with Crippen molar-refractivity contribution in [2.75, 3.05) is 26.2 Å². The van der Waals surface area contributed by atoms with Crippen LogP contribution in [0.1, 0.15) is 27.7 Å². The van der Waals surface area contributed by atoms with Crippen molar-refractivity contribution in [2.45, 2.75) is 12.5 Å². The maximum Gasteiger partial charge on any atom is 0.261 e. The number of hydrogen-bond acceptors (Lipinski definition) is 4. The number of carbonyl (C=O) groups is 2. The van der Waals surface area contributed by atoms with Crippen LogP contribution in [-0.2, 0) is 4.79 Å². The molecule has 5 nitrogen and oxygen atoms in total. The molecule has 1 aliphatic rings. The summed E-state index contributed by atoms with van der Waals surface area (Å²) >= 11 is 7.48. The molecule has 140 valence electrons. The van der Waals surface area contributed by atoms with Gasteiger partial charge in [0.2, 0.25) is 5.91 Å². The molecule has 1 unspecified atom stereocenters. The highest BCUT2D eigenvalue weighted by atomic mass is 35.5. The van der Waals surface area contributed by atoms with E-state index in [4.69, 9.17) is 11.6 Å². The molecular formula is C18H21Cl2N3O2S. The van der Waals surface area contributed by atoms with Gasteiger partial charge in [-0.25, -0.2) is 0 Å². The smallest absolute Gasteiger partial charge is 0.261 e. The van der Waals surface area contributed by atoms with Gasteiger partial charge in [0.25, 0.3) is 5.91 Å². The fraction of sp³-hybridized carbons (Fsp3) is 0.333. The zero-order valence-corrected chi connectivity index (χ0v) is 16.5. The monoisotopic (exact) mass is 413 g/mol. The summed E-state index contributed by atoms with van der Waals surface area (Å²) in [5.74, 6) is -0.0903. The number of hydrogen-bond donors (Lipinski definition) is 2. The van der Waals surface area contributed by atoms with Crippen molar-refractivity contribution < 1.29 is 9.59 Å². The summed E-state index contributed by atoms with van der Waals surface area (Å²) in [6.07, 6.45) is 0.286. The first-order valence-electron chi connectivity index (χ1n) is 8.22. The molecule has 8 heteroatoms. The number of rotatable bonds is 5. The summed E-state index contributed by atoms with van der Waals surface area (Å²) in [7, 11) is 0. The van der Waals surface area contributed by atoms with Crippen LogP contribution in [0, 0.1) is 0 Å². The van der Waals surface area contributed by atoms with E-state index in [1.54, 1.807) is 6.07 Å². The van der Waals surface area contributed by atoms with E-state index >= 15 is 0 Å². The Morgan fingerprint density at radius 3 is 2.88 bits per heavy atom. The number of nitrogens with one attached hydrogen (secondary N) is 2. The van der Waals surface area contributed by atoms with Crippen LogP contribution in [0.3, 0.4) is 0 Å². The lowest BCUT2D eigenvalue weighted by atomic mass is 10.0. The molecule has 1 saturated heterocycles. The van der Waals surface area contributed by atoms with E-state index in [0.717, 1.165) is 12.1 Å². The third-order valence-electron chi connectivity index (χ3n) is 4.17. The fourth-order valence-corrected chi connectivity index (χ4v) is 3.77. The van der Waals surface area contributed by atoms with Crippen LogP contribution < -0.4 is 10.6 Å². The maximum atomic E-state index is 12.7. The van der Waals surface area contributed by atoms with Crippen molar-refractivity contribution in [1.29, 1.82) is 0 Å². The van der Waals surface area contributed by atoms with Gasteiger partial charge in [0.1, 0.15) is 0 Å². The summed E-state index contributed by atoms with van der Waals surface area (Å²) in [6.45, 7) is 2.45. The van der Waals surface area contributed by atoms with E-state index in [1.807, 2.05) is 40.6 Å². The first-order valence-corrected chi connectivity index (χ1v) is 9.48. The molecule has 26 heavy (non-hydrogen) atoms. The van der Waals surface area contributed by atoms with Crippen molar-refractivity contribution >= 4 is 47.2 Å². The second-order valence-electron chi connectivity index (χ2n) is 5.85. The first kappa shape index (κ1) is 20.7. The Labute approximate surface area is 168 Å². The van der Waals surface area contributed by atoms with Crippen LogP contribution in [0.2, 0.25) is 5.02 Å². The molecule has 1 aliphatic heterocycles. The van der Waals surface area contributed by atoms with Gasteiger partial charge in [-0.15, -0.1) is 23.7 Å². The average molecular weight is 414 g/mol. The minimum atomic E-state index is -0.130. The van der Waals surface area contributed by atoms with Gasteiger partial charge in [-0.3, -0.25) is 9.59 Å². The van der Waals surface area contributed by atoms with Gasteiger partial charge in [0.15, 0.2) is 0 Å². The largest absolute Gasteiger partial charge is 0.351 e. The Kier molecular flexibility index (Phi) is 7.90. The Morgan fingerprint density at radius 2 is 2.15 bits per heavy atom. The Balaban J connectivity index is 0.00000243. The highest BCUT2D eigenvalue weighted by Gasteiger charge is 2.27. The van der Waals surface area contributed by atoms with Crippen molar-refractivity contribution in [3.8, 4) is 0 Å². The minimum absolute atomic E-state index is 0. The molecule has 0 radical (unpaired) electrons. The highest BCUT2D eigenvalue weighted by molar-refractivity contribution is 7.12. The fourth-order valence-electron chi connectivity index (χ4n) is 2.94. The minimum Gasteiger partial charge on any atom is -0.351 e. The average Bonchev–Trinajstić information content (AvgIpc) is 3.16. The normalized spacial score (nSPS) is 16.7. The van der Waals surface area contributed by atoms with Crippen molar-refractivity contribution in [3.63, 3.8) is 0 Å². The molecule has 2 amide bonds. The van der Waals surface area contributed by atoms with E-state index < -0.39 is 0 Å². The summed E-state index contributed by atoms with van der Waals surface area (Å²) in [6, 6.07) is 11.2. The molecule has 1 atom stereocenters. The lowest BCUT2D eigenvalue weighted by Crippen LogP contribution is -2.49. The molecule has 2 aromatic rings. The van der Waals surface area contributed by atoms with Gasteiger partial charge in [0.05, 0.1) is 10.9 Å². The molecule has 2 heterocycles. The summed E-state index contributed by atoms with van der Waals surface area (Å²) in [5.41, 5.74) is 1.02. The molecule has 0 spiro atoms. The molecule has 1 aromatic heterocycles. The second kappa shape index (κ2) is 9.92. The first-order chi connectivity index (χ1) is 12.1. The zero-order chi connectivity index (χ0) is 17.6. The lowest BCUT2D eigenvalue weighted by Gasteiger charge is -2.36. The summed E-state index contributed by atoms with van der Waals surface area (Å²) in [4.78, 5) is 27.1. The summed E-state index contributed by atoms with van der Waals surface area (Å²) < 4.78 is 0. The van der Waals surface area contributed by atoms with Gasteiger partial charge < -0.3 is 15.5 Å². The zero-order valence-electron chi connectivity index (χ0n) is 14.1. The molecule has 1 aromatic carbocycles. The third-order valence-corrected chi connectivity index (χ3v) is 5.27. The molecule has 0 bridgehead atoms. The van der Waals surface area contributed by atoms with Gasteiger partial charge in [-0.05, 0) is 29.1 Å². The van der Waals surface area contributed by atoms with Crippen LogP contribution >= 0.6 is 35.3 Å². The van der Waals surface area contributed by atoms with Crippen LogP contribution in [0.25, 0.3) is 0 Å². The van der Waals surface area contributed by atoms with Crippen LogP contribution in [0.5, 0.6) is 0 Å². The molecule has 2 N–H and O–H groups in total. The number of thiophene rings is 1. The standard InChI is InChI=1S/C18H20ClN3O2S.ClH/c19-14-4-1-3-13(11-14)15-12-20-8-9-22(15)17(23)6-7-21-18(24)16-5-2-10-25-16;/h1-5,10-11,15,20H,6-9,12H2,(H,21,24);1H. The van der Waals surface area contributed by atoms with E-state index in [2.05, 4.69) is 10.6 Å². The quantitative estimate of drug-likeness (QED) is 0.791. The van der Waals surface area contributed by atoms with E-state index in [-0.39, 0.29) is 36.7 Å². The Bertz CT molecular complexity index is 740. The number of benzene rings is 1. The van der Waals surface area contributed by atoms with Crippen molar-refractivity contribution in [1.82, 2.24) is 15.5 Å². The maximum absolute atomic E-state index is 12.7. The molecule has 3 rings (SSSR count). The number of amides is 2. The van der Waals surface area contributed by atoms with E-state index in [1.165, 1.54) is 11.3 Å². The van der Waals surface area contributed by atoms with Crippen LogP contribution in [-0.4, -0.2) is 42.9 Å². The molecular weight excluding hydrogens is 393 g/mol. The Hall–Kier alpha value is -1.60. The third kappa shape index (κ3) is 5.20. The molecule has 0 saturated carbocycles. The second-order valence-corrected chi connectivity index (χ2v) is 7.23. The van der Waals surface area contributed by atoms with Gasteiger partial charge in [-0.2, -0.15) is 0 Å². The molecule has 1 fully saturated rings. The highest BCUT2D eigenvalue weighted by Crippen LogP contribution is 2.25. The summed E-state index contributed by atoms with van der Waals surface area (Å²) in [5, 5.41) is 8.65. The number of piperazine rings is 1. The van der Waals surface area contributed by atoms with Crippen molar-refractivity contribution in [3.05, 3.63) is 57.2 Å². The van der Waals surface area contributed by atoms with Gasteiger partial charge >= 0.3 is 0 Å². The van der Waals surface area contributed by atoms with E-state index in [9.17, 15) is 9.59 Å². The Morgan fingerprint density at radius 1 is 1.31 bits per heavy atom. The molecule has 0 aliphatic carbocycles.